The van der Waals surface area contributed by atoms with Crippen molar-refractivity contribution < 1.29 is 5.11 Å². The minimum Gasteiger partial charge on any atom is -0.507 e. The number of nitrogens with zero attached hydrogens (tertiary/aromatic N) is 2. The molecular weight excluding hydrogens is 248 g/mol. The van der Waals surface area contributed by atoms with Crippen molar-refractivity contribution in [3.05, 3.63) is 28.8 Å². The molecular formula is C17H26N2O. The van der Waals surface area contributed by atoms with Crippen molar-refractivity contribution in [1.29, 1.82) is 0 Å². The first-order chi connectivity index (χ1) is 9.38. The molecule has 0 saturated carbocycles. The standard InChI is InChI=1S/C17H26N2O/c1-12-10-13(15(20)14(11-12)17(2,3)4)16-18-6-5-7-19(16)9-8-18/h10-11,16,20H,5-9H2,1-4H3. The number of aryl methyl sites for hydroxylation is 1. The zero-order valence-electron chi connectivity index (χ0n) is 13.1. The highest BCUT2D eigenvalue weighted by Gasteiger charge is 2.38. The SMILES string of the molecule is Cc1cc(C2N3CCCN2CC3)c(O)c(C(C)(C)C)c1. The summed E-state index contributed by atoms with van der Waals surface area (Å²) in [5, 5.41) is 10.8. The first-order valence-electron chi connectivity index (χ1n) is 7.70. The zero-order chi connectivity index (χ0) is 14.5. The van der Waals surface area contributed by atoms with Gasteiger partial charge in [-0.2, -0.15) is 0 Å². The van der Waals surface area contributed by atoms with Crippen LogP contribution >= 0.6 is 0 Å². The van der Waals surface area contributed by atoms with Crippen LogP contribution in [-0.2, 0) is 5.41 Å². The predicted octanol–water partition coefficient (Wildman–Crippen LogP) is 3.02. The topological polar surface area (TPSA) is 26.7 Å². The molecule has 0 amide bonds. The van der Waals surface area contributed by atoms with Crippen molar-refractivity contribution in [2.45, 2.75) is 45.7 Å². The number of benzene rings is 1. The van der Waals surface area contributed by atoms with E-state index < -0.39 is 0 Å². The summed E-state index contributed by atoms with van der Waals surface area (Å²) in [5.41, 5.74) is 3.39. The van der Waals surface area contributed by atoms with Crippen LogP contribution in [0.3, 0.4) is 0 Å². The lowest BCUT2D eigenvalue weighted by atomic mass is 9.83. The Morgan fingerprint density at radius 2 is 1.65 bits per heavy atom. The minimum atomic E-state index is -0.0246. The van der Waals surface area contributed by atoms with Crippen molar-refractivity contribution in [3.8, 4) is 5.75 Å². The Bertz CT molecular complexity index is 502. The van der Waals surface area contributed by atoms with E-state index in [1.807, 2.05) is 0 Å². The zero-order valence-corrected chi connectivity index (χ0v) is 13.1. The summed E-state index contributed by atoms with van der Waals surface area (Å²) in [4.78, 5) is 5.01. The Labute approximate surface area is 122 Å². The van der Waals surface area contributed by atoms with Crippen LogP contribution in [0.2, 0.25) is 0 Å². The van der Waals surface area contributed by atoms with Gasteiger partial charge in [-0.05, 0) is 30.4 Å². The van der Waals surface area contributed by atoms with Gasteiger partial charge in [0.25, 0.3) is 0 Å². The lowest BCUT2D eigenvalue weighted by Gasteiger charge is -2.36. The summed E-state index contributed by atoms with van der Waals surface area (Å²) in [5.74, 6) is 0.506. The van der Waals surface area contributed by atoms with Gasteiger partial charge in [0.1, 0.15) is 5.75 Å². The summed E-state index contributed by atoms with van der Waals surface area (Å²) in [6.07, 6.45) is 1.53. The average molecular weight is 274 g/mol. The Balaban J connectivity index is 2.08. The molecule has 2 atom stereocenters. The van der Waals surface area contributed by atoms with Crippen LogP contribution in [0.25, 0.3) is 0 Å². The summed E-state index contributed by atoms with van der Waals surface area (Å²) in [7, 11) is 0. The van der Waals surface area contributed by atoms with E-state index in [0.29, 0.717) is 5.75 Å². The minimum absolute atomic E-state index is 0.0246. The maximum absolute atomic E-state index is 10.8. The fourth-order valence-corrected chi connectivity index (χ4v) is 3.65. The van der Waals surface area contributed by atoms with E-state index in [1.165, 1.54) is 12.0 Å². The van der Waals surface area contributed by atoms with E-state index in [4.69, 9.17) is 0 Å². The summed E-state index contributed by atoms with van der Waals surface area (Å²) < 4.78 is 0. The van der Waals surface area contributed by atoms with Gasteiger partial charge >= 0.3 is 0 Å². The largest absolute Gasteiger partial charge is 0.507 e. The molecule has 1 aromatic rings. The molecule has 2 saturated heterocycles. The number of phenolic OH excluding ortho intramolecular Hbond substituents is 1. The number of phenols is 1. The highest BCUT2D eigenvalue weighted by Crippen LogP contribution is 2.42. The van der Waals surface area contributed by atoms with E-state index in [-0.39, 0.29) is 11.6 Å². The van der Waals surface area contributed by atoms with Gasteiger partial charge in [-0.15, -0.1) is 0 Å². The molecule has 0 aliphatic carbocycles. The van der Waals surface area contributed by atoms with Crippen LogP contribution < -0.4 is 0 Å². The van der Waals surface area contributed by atoms with Crippen LogP contribution in [0, 0.1) is 6.92 Å². The number of rotatable bonds is 1. The number of aromatic hydroxyl groups is 1. The molecule has 2 aliphatic rings. The summed E-state index contributed by atoms with van der Waals surface area (Å²) in [6, 6.07) is 4.31. The van der Waals surface area contributed by atoms with Crippen LogP contribution in [0.1, 0.15) is 50.0 Å². The van der Waals surface area contributed by atoms with Crippen LogP contribution in [0.4, 0.5) is 0 Å². The molecule has 0 radical (unpaired) electrons. The first kappa shape index (κ1) is 13.9. The van der Waals surface area contributed by atoms with Crippen molar-refractivity contribution >= 4 is 0 Å². The molecule has 2 unspecified atom stereocenters. The normalized spacial score (nSPS) is 29.7. The third-order valence-corrected chi connectivity index (χ3v) is 4.63. The molecule has 2 bridgehead atoms. The Morgan fingerprint density at radius 3 is 2.20 bits per heavy atom. The van der Waals surface area contributed by atoms with Gasteiger partial charge in [0.2, 0.25) is 0 Å². The van der Waals surface area contributed by atoms with Gasteiger partial charge in [0, 0.05) is 31.7 Å². The van der Waals surface area contributed by atoms with E-state index >= 15 is 0 Å². The van der Waals surface area contributed by atoms with E-state index in [1.54, 1.807) is 0 Å². The molecule has 1 N–H and O–H groups in total. The van der Waals surface area contributed by atoms with Gasteiger partial charge in [-0.1, -0.05) is 32.4 Å². The molecule has 3 rings (SSSR count). The lowest BCUT2D eigenvalue weighted by molar-refractivity contribution is 0.0903. The maximum Gasteiger partial charge on any atom is 0.125 e. The predicted molar refractivity (Wildman–Crippen MR) is 82.0 cm³/mol. The second-order valence-electron chi connectivity index (χ2n) is 7.30. The molecule has 2 aliphatic heterocycles. The molecule has 110 valence electrons. The molecule has 1 aromatic carbocycles. The van der Waals surface area contributed by atoms with E-state index in [2.05, 4.69) is 49.6 Å². The molecule has 3 nitrogen and oxygen atoms in total. The monoisotopic (exact) mass is 274 g/mol. The van der Waals surface area contributed by atoms with Gasteiger partial charge in [0.05, 0.1) is 6.17 Å². The smallest absolute Gasteiger partial charge is 0.125 e. The van der Waals surface area contributed by atoms with Crippen LogP contribution in [0.5, 0.6) is 5.75 Å². The molecule has 3 heteroatoms. The number of hydrogen-bond acceptors (Lipinski definition) is 3. The molecule has 0 spiro atoms. The quantitative estimate of drug-likeness (QED) is 0.853. The van der Waals surface area contributed by atoms with Crippen molar-refractivity contribution in [1.82, 2.24) is 9.80 Å². The average Bonchev–Trinajstić information content (AvgIpc) is 2.60. The fourth-order valence-electron chi connectivity index (χ4n) is 3.65. The third-order valence-electron chi connectivity index (χ3n) is 4.63. The Kier molecular flexibility index (Phi) is 3.30. The second-order valence-corrected chi connectivity index (χ2v) is 7.30. The van der Waals surface area contributed by atoms with Gasteiger partial charge in [-0.3, -0.25) is 9.80 Å². The molecule has 0 aromatic heterocycles. The molecule has 2 fully saturated rings. The highest BCUT2D eigenvalue weighted by atomic mass is 16.3. The first-order valence-corrected chi connectivity index (χ1v) is 7.70. The van der Waals surface area contributed by atoms with Crippen molar-refractivity contribution in [2.75, 3.05) is 26.2 Å². The number of fused-ring (bicyclic) bond motifs is 2. The van der Waals surface area contributed by atoms with Gasteiger partial charge in [0.15, 0.2) is 0 Å². The van der Waals surface area contributed by atoms with E-state index in [9.17, 15) is 5.11 Å². The van der Waals surface area contributed by atoms with Crippen LogP contribution in [-0.4, -0.2) is 41.1 Å². The summed E-state index contributed by atoms with van der Waals surface area (Å²) in [6.45, 7) is 13.2. The molecule has 20 heavy (non-hydrogen) atoms. The Hall–Kier alpha value is -1.06. The van der Waals surface area contributed by atoms with Gasteiger partial charge < -0.3 is 5.11 Å². The Morgan fingerprint density at radius 1 is 1.05 bits per heavy atom. The van der Waals surface area contributed by atoms with Crippen molar-refractivity contribution in [2.24, 2.45) is 0 Å². The highest BCUT2D eigenvalue weighted by molar-refractivity contribution is 5.48. The molecule has 2 heterocycles. The summed E-state index contributed by atoms with van der Waals surface area (Å²) >= 11 is 0. The lowest BCUT2D eigenvalue weighted by Crippen LogP contribution is -2.38. The second kappa shape index (κ2) is 4.74. The fraction of sp³-hybridized carbons (Fsp3) is 0.647. The third kappa shape index (κ3) is 2.23. The maximum atomic E-state index is 10.8. The van der Waals surface area contributed by atoms with Crippen molar-refractivity contribution in [3.63, 3.8) is 0 Å². The van der Waals surface area contributed by atoms with Gasteiger partial charge in [-0.25, -0.2) is 0 Å². The van der Waals surface area contributed by atoms with E-state index in [0.717, 1.165) is 37.3 Å². The number of hydrogen-bond donors (Lipinski definition) is 1. The van der Waals surface area contributed by atoms with Crippen LogP contribution in [0.15, 0.2) is 12.1 Å².